The molecule has 2 N–H and O–H groups in total. The first kappa shape index (κ1) is 9.22. The average Bonchev–Trinajstić information content (AvgIpc) is 2.33. The van der Waals surface area contributed by atoms with Crippen molar-refractivity contribution in [2.45, 2.75) is 20.0 Å². The molecule has 0 aliphatic rings. The maximum atomic E-state index is 9.44. The minimum atomic E-state index is -0.651. The normalized spacial score (nSPS) is 13.3. The third-order valence-corrected chi connectivity index (χ3v) is 1.73. The highest BCUT2D eigenvalue weighted by Crippen LogP contribution is 2.14. The molecule has 1 aromatic heterocycles. The Morgan fingerprint density at radius 3 is 2.67 bits per heavy atom. The summed E-state index contributed by atoms with van der Waals surface area (Å²) < 4.78 is 5.23. The summed E-state index contributed by atoms with van der Waals surface area (Å²) in [7, 11) is 1.77. The van der Waals surface area contributed by atoms with Crippen LogP contribution in [0.15, 0.2) is 4.42 Å². The van der Waals surface area contributed by atoms with Crippen LogP contribution in [0.5, 0.6) is 0 Å². The number of nitrogens with one attached hydrogen (secondary N) is 1. The predicted molar refractivity (Wildman–Crippen MR) is 44.9 cm³/mol. The molecular formula is C8H14N2O2. The Morgan fingerprint density at radius 2 is 2.25 bits per heavy atom. The number of hydrogen-bond acceptors (Lipinski definition) is 4. The maximum absolute atomic E-state index is 9.44. The van der Waals surface area contributed by atoms with E-state index in [-0.39, 0.29) is 0 Å². The van der Waals surface area contributed by atoms with Crippen LogP contribution in [0.1, 0.15) is 23.4 Å². The first-order valence-electron chi connectivity index (χ1n) is 3.91. The van der Waals surface area contributed by atoms with Gasteiger partial charge in [-0.05, 0) is 20.9 Å². The number of aliphatic hydroxyl groups is 1. The number of aryl methyl sites for hydroxylation is 2. The van der Waals surface area contributed by atoms with Crippen molar-refractivity contribution in [3.63, 3.8) is 0 Å². The fraction of sp³-hybridized carbons (Fsp3) is 0.625. The van der Waals surface area contributed by atoms with E-state index in [1.165, 1.54) is 0 Å². The molecule has 0 spiro atoms. The SMILES string of the molecule is CNCC(O)c1nc(C)c(C)o1. The van der Waals surface area contributed by atoms with Crippen LogP contribution in [0.4, 0.5) is 0 Å². The first-order valence-corrected chi connectivity index (χ1v) is 3.91. The Hall–Kier alpha value is -0.870. The first-order chi connectivity index (χ1) is 5.65. The second kappa shape index (κ2) is 3.69. The van der Waals surface area contributed by atoms with Gasteiger partial charge in [-0.1, -0.05) is 0 Å². The van der Waals surface area contributed by atoms with Gasteiger partial charge in [-0.2, -0.15) is 0 Å². The molecule has 1 heterocycles. The van der Waals surface area contributed by atoms with Crippen LogP contribution < -0.4 is 5.32 Å². The summed E-state index contributed by atoms with van der Waals surface area (Å²) in [5.74, 6) is 1.15. The molecule has 0 aliphatic carbocycles. The molecule has 1 aromatic rings. The van der Waals surface area contributed by atoms with Gasteiger partial charge in [-0.15, -0.1) is 0 Å². The molecule has 1 atom stereocenters. The van der Waals surface area contributed by atoms with Gasteiger partial charge in [0, 0.05) is 6.54 Å². The Bertz CT molecular complexity index is 238. The fourth-order valence-electron chi connectivity index (χ4n) is 0.921. The molecule has 4 heteroatoms. The number of hydrogen-bond donors (Lipinski definition) is 2. The summed E-state index contributed by atoms with van der Waals surface area (Å²) in [6, 6.07) is 0. The quantitative estimate of drug-likeness (QED) is 0.695. The summed E-state index contributed by atoms with van der Waals surface area (Å²) in [4.78, 5) is 4.07. The Labute approximate surface area is 71.6 Å². The highest BCUT2D eigenvalue weighted by atomic mass is 16.4. The lowest BCUT2D eigenvalue weighted by Crippen LogP contribution is -2.16. The van der Waals surface area contributed by atoms with Crippen molar-refractivity contribution in [1.29, 1.82) is 0 Å². The Kier molecular flexibility index (Phi) is 2.83. The number of aliphatic hydroxyl groups excluding tert-OH is 1. The molecule has 0 fully saturated rings. The zero-order valence-electron chi connectivity index (χ0n) is 7.59. The molecule has 0 aromatic carbocycles. The summed E-state index contributed by atoms with van der Waals surface area (Å²) in [5.41, 5.74) is 0.833. The predicted octanol–water partition coefficient (Wildman–Crippen LogP) is 0.544. The van der Waals surface area contributed by atoms with E-state index in [4.69, 9.17) is 4.42 Å². The zero-order valence-corrected chi connectivity index (χ0v) is 7.59. The molecule has 1 unspecified atom stereocenters. The molecule has 1 rings (SSSR count). The monoisotopic (exact) mass is 170 g/mol. The summed E-state index contributed by atoms with van der Waals surface area (Å²) in [5, 5.41) is 12.3. The third-order valence-electron chi connectivity index (χ3n) is 1.73. The zero-order chi connectivity index (χ0) is 9.14. The molecule has 12 heavy (non-hydrogen) atoms. The van der Waals surface area contributed by atoms with Gasteiger partial charge in [-0.25, -0.2) is 4.98 Å². The molecule has 0 amide bonds. The van der Waals surface area contributed by atoms with E-state index in [1.54, 1.807) is 7.05 Å². The van der Waals surface area contributed by atoms with Gasteiger partial charge in [-0.3, -0.25) is 0 Å². The summed E-state index contributed by atoms with van der Waals surface area (Å²) in [6.45, 7) is 4.14. The van der Waals surface area contributed by atoms with Crippen molar-refractivity contribution in [3.8, 4) is 0 Å². The Balaban J connectivity index is 2.74. The summed E-state index contributed by atoms with van der Waals surface area (Å²) in [6.07, 6.45) is -0.651. The standard InChI is InChI=1S/C8H14N2O2/c1-5-6(2)12-8(10-5)7(11)4-9-3/h7,9,11H,4H2,1-3H3. The second-order valence-electron chi connectivity index (χ2n) is 2.77. The summed E-state index contributed by atoms with van der Waals surface area (Å²) >= 11 is 0. The molecule has 0 radical (unpaired) electrons. The van der Waals surface area contributed by atoms with Crippen molar-refractivity contribution >= 4 is 0 Å². The van der Waals surface area contributed by atoms with Crippen LogP contribution in [0, 0.1) is 13.8 Å². The van der Waals surface area contributed by atoms with Crippen molar-refractivity contribution < 1.29 is 9.52 Å². The number of nitrogens with zero attached hydrogens (tertiary/aromatic N) is 1. The number of aromatic nitrogens is 1. The molecule has 0 saturated carbocycles. The van der Waals surface area contributed by atoms with Gasteiger partial charge in [0.1, 0.15) is 11.9 Å². The lowest BCUT2D eigenvalue weighted by atomic mass is 10.3. The topological polar surface area (TPSA) is 58.3 Å². The smallest absolute Gasteiger partial charge is 0.224 e. The highest BCUT2D eigenvalue weighted by molar-refractivity contribution is 5.06. The van der Waals surface area contributed by atoms with E-state index in [2.05, 4.69) is 10.3 Å². The van der Waals surface area contributed by atoms with Crippen LogP contribution in [0.25, 0.3) is 0 Å². The maximum Gasteiger partial charge on any atom is 0.224 e. The van der Waals surface area contributed by atoms with Crippen LogP contribution in [-0.4, -0.2) is 23.7 Å². The Morgan fingerprint density at radius 1 is 1.58 bits per heavy atom. The van der Waals surface area contributed by atoms with Gasteiger partial charge >= 0.3 is 0 Å². The van der Waals surface area contributed by atoms with E-state index in [9.17, 15) is 5.11 Å². The van der Waals surface area contributed by atoms with E-state index >= 15 is 0 Å². The van der Waals surface area contributed by atoms with E-state index in [0.29, 0.717) is 12.4 Å². The van der Waals surface area contributed by atoms with Crippen LogP contribution in [0.2, 0.25) is 0 Å². The molecule has 0 aliphatic heterocycles. The number of likely N-dealkylation sites (N-methyl/N-ethyl adjacent to an activating group) is 1. The molecule has 0 saturated heterocycles. The largest absolute Gasteiger partial charge is 0.443 e. The van der Waals surface area contributed by atoms with E-state index in [1.807, 2.05) is 13.8 Å². The van der Waals surface area contributed by atoms with Crippen LogP contribution in [-0.2, 0) is 0 Å². The fourth-order valence-corrected chi connectivity index (χ4v) is 0.921. The average molecular weight is 170 g/mol. The van der Waals surface area contributed by atoms with Gasteiger partial charge in [0.05, 0.1) is 5.69 Å². The van der Waals surface area contributed by atoms with Gasteiger partial charge in [0.15, 0.2) is 0 Å². The van der Waals surface area contributed by atoms with Crippen molar-refractivity contribution in [2.75, 3.05) is 13.6 Å². The van der Waals surface area contributed by atoms with Crippen LogP contribution in [0.3, 0.4) is 0 Å². The van der Waals surface area contributed by atoms with E-state index in [0.717, 1.165) is 11.5 Å². The molecule has 68 valence electrons. The minimum absolute atomic E-state index is 0.388. The molecule has 0 bridgehead atoms. The van der Waals surface area contributed by atoms with Gasteiger partial charge < -0.3 is 14.8 Å². The van der Waals surface area contributed by atoms with Crippen molar-refractivity contribution in [3.05, 3.63) is 17.3 Å². The molecule has 4 nitrogen and oxygen atoms in total. The number of rotatable bonds is 3. The minimum Gasteiger partial charge on any atom is -0.443 e. The van der Waals surface area contributed by atoms with Gasteiger partial charge in [0.2, 0.25) is 5.89 Å². The number of oxazole rings is 1. The highest BCUT2D eigenvalue weighted by Gasteiger charge is 2.13. The lowest BCUT2D eigenvalue weighted by Gasteiger charge is -2.03. The van der Waals surface area contributed by atoms with E-state index < -0.39 is 6.10 Å². The van der Waals surface area contributed by atoms with Crippen molar-refractivity contribution in [2.24, 2.45) is 0 Å². The van der Waals surface area contributed by atoms with Gasteiger partial charge in [0.25, 0.3) is 0 Å². The molecular weight excluding hydrogens is 156 g/mol. The van der Waals surface area contributed by atoms with Crippen molar-refractivity contribution in [1.82, 2.24) is 10.3 Å². The lowest BCUT2D eigenvalue weighted by molar-refractivity contribution is 0.142. The second-order valence-corrected chi connectivity index (χ2v) is 2.77. The van der Waals surface area contributed by atoms with Crippen LogP contribution >= 0.6 is 0 Å². The third kappa shape index (κ3) is 1.84.